The Hall–Kier alpha value is -3.71. The maximum Gasteiger partial charge on any atom is 0.269 e. The molecule has 0 spiro atoms. The number of benzene rings is 2. The van der Waals surface area contributed by atoms with Crippen LogP contribution >= 0.6 is 0 Å². The van der Waals surface area contributed by atoms with Gasteiger partial charge in [-0.3, -0.25) is 19.5 Å². The largest absolute Gasteiger partial charge is 0.269 e. The lowest BCUT2D eigenvalue weighted by molar-refractivity contribution is -0.384. The summed E-state index contributed by atoms with van der Waals surface area (Å²) in [6.07, 6.45) is 0. The smallest absolute Gasteiger partial charge is 0.268 e. The Morgan fingerprint density at radius 2 is 1.96 bits per heavy atom. The molecule has 24 heavy (non-hydrogen) atoms. The lowest BCUT2D eigenvalue weighted by atomic mass is 10.2. The third-order valence-electron chi connectivity index (χ3n) is 3.43. The summed E-state index contributed by atoms with van der Waals surface area (Å²) in [7, 11) is 0. The van der Waals surface area contributed by atoms with E-state index in [1.807, 2.05) is 0 Å². The van der Waals surface area contributed by atoms with E-state index in [0.29, 0.717) is 16.9 Å². The number of hydrogen-bond donors (Lipinski definition) is 0. The third-order valence-corrected chi connectivity index (χ3v) is 3.43. The SMILES string of the molecule is [N-]=[N+]=NCc1nc2ccccc2n1C(=O)c1ccc([N+](=O)[O-])cc1. The van der Waals surface area contributed by atoms with Crippen LogP contribution in [0, 0.1) is 10.1 Å². The average molecular weight is 322 g/mol. The number of nitrogens with zero attached hydrogens (tertiary/aromatic N) is 6. The Labute approximate surface area is 134 Å². The zero-order chi connectivity index (χ0) is 17.1. The van der Waals surface area contributed by atoms with E-state index in [1.165, 1.54) is 28.8 Å². The van der Waals surface area contributed by atoms with Crippen molar-refractivity contribution >= 4 is 22.6 Å². The van der Waals surface area contributed by atoms with Gasteiger partial charge in [0.1, 0.15) is 5.82 Å². The van der Waals surface area contributed by atoms with Gasteiger partial charge in [0.2, 0.25) is 0 Å². The summed E-state index contributed by atoms with van der Waals surface area (Å²) < 4.78 is 1.35. The molecule has 118 valence electrons. The van der Waals surface area contributed by atoms with Crippen LogP contribution < -0.4 is 0 Å². The maximum atomic E-state index is 12.8. The average Bonchev–Trinajstić information content (AvgIpc) is 2.97. The number of rotatable bonds is 4. The number of nitro groups is 1. The van der Waals surface area contributed by atoms with E-state index in [-0.39, 0.29) is 17.8 Å². The van der Waals surface area contributed by atoms with E-state index < -0.39 is 10.8 Å². The molecule has 0 amide bonds. The molecule has 0 N–H and O–H groups in total. The molecular formula is C15H10N6O3. The number of nitro benzene ring substituents is 1. The minimum atomic E-state index is -0.534. The topological polar surface area (TPSA) is 127 Å². The Morgan fingerprint density at radius 1 is 1.25 bits per heavy atom. The van der Waals surface area contributed by atoms with E-state index in [2.05, 4.69) is 15.0 Å². The summed E-state index contributed by atoms with van der Waals surface area (Å²) in [6.45, 7) is -0.0795. The summed E-state index contributed by atoms with van der Waals surface area (Å²) in [5.74, 6) is -0.0981. The summed E-state index contributed by atoms with van der Waals surface area (Å²) >= 11 is 0. The van der Waals surface area contributed by atoms with Crippen LogP contribution in [-0.2, 0) is 6.54 Å². The fourth-order valence-electron chi connectivity index (χ4n) is 2.36. The van der Waals surface area contributed by atoms with Crippen molar-refractivity contribution in [3.8, 4) is 0 Å². The van der Waals surface area contributed by atoms with Crippen molar-refractivity contribution in [3.05, 3.63) is 80.5 Å². The van der Waals surface area contributed by atoms with Crippen LogP contribution in [0.25, 0.3) is 21.5 Å². The normalized spacial score (nSPS) is 10.3. The maximum absolute atomic E-state index is 12.8. The second kappa shape index (κ2) is 6.19. The molecule has 0 unspecified atom stereocenters. The van der Waals surface area contributed by atoms with E-state index >= 15 is 0 Å². The van der Waals surface area contributed by atoms with Crippen LogP contribution in [0.3, 0.4) is 0 Å². The first kappa shape index (κ1) is 15.2. The molecule has 2 aromatic carbocycles. The number of azide groups is 1. The van der Waals surface area contributed by atoms with Crippen LogP contribution in [0.15, 0.2) is 53.6 Å². The van der Waals surface area contributed by atoms with E-state index in [9.17, 15) is 14.9 Å². The summed E-state index contributed by atoms with van der Waals surface area (Å²) in [5.41, 5.74) is 9.84. The Balaban J connectivity index is 2.11. The number of non-ortho nitro benzene ring substituents is 1. The minimum Gasteiger partial charge on any atom is -0.268 e. The quantitative estimate of drug-likeness (QED) is 0.239. The second-order valence-electron chi connectivity index (χ2n) is 4.85. The van der Waals surface area contributed by atoms with Gasteiger partial charge in [-0.2, -0.15) is 0 Å². The third kappa shape index (κ3) is 2.67. The number of carbonyl (C=O) groups excluding carboxylic acids is 1. The summed E-state index contributed by atoms with van der Waals surface area (Å²) in [4.78, 5) is 30.0. The first-order valence-corrected chi connectivity index (χ1v) is 6.88. The predicted molar refractivity (Wildman–Crippen MR) is 85.4 cm³/mol. The number of carbonyl (C=O) groups is 1. The number of imidazole rings is 1. The molecule has 0 fully saturated rings. The van der Waals surface area contributed by atoms with Crippen LogP contribution in [-0.4, -0.2) is 20.4 Å². The molecule has 0 aliphatic rings. The van der Waals surface area contributed by atoms with Crippen LogP contribution in [0.2, 0.25) is 0 Å². The molecule has 3 aromatic rings. The first-order valence-electron chi connectivity index (χ1n) is 6.88. The highest BCUT2D eigenvalue weighted by molar-refractivity contribution is 6.01. The van der Waals surface area contributed by atoms with Crippen LogP contribution in [0.4, 0.5) is 5.69 Å². The second-order valence-corrected chi connectivity index (χ2v) is 4.85. The van der Waals surface area contributed by atoms with Gasteiger partial charge >= 0.3 is 0 Å². The van der Waals surface area contributed by atoms with Crippen LogP contribution in [0.1, 0.15) is 16.2 Å². The molecule has 0 saturated heterocycles. The van der Waals surface area contributed by atoms with E-state index in [4.69, 9.17) is 5.53 Å². The first-order chi connectivity index (χ1) is 11.6. The molecule has 0 bridgehead atoms. The molecular weight excluding hydrogens is 312 g/mol. The molecule has 0 aliphatic carbocycles. The minimum absolute atomic E-state index is 0.0795. The fraction of sp³-hybridized carbons (Fsp3) is 0.0667. The number of para-hydroxylation sites is 2. The molecule has 9 nitrogen and oxygen atoms in total. The highest BCUT2D eigenvalue weighted by atomic mass is 16.6. The van der Waals surface area contributed by atoms with Gasteiger partial charge in [0.15, 0.2) is 0 Å². The lowest BCUT2D eigenvalue weighted by Crippen LogP contribution is -2.15. The molecule has 0 atom stereocenters. The summed E-state index contributed by atoms with van der Waals surface area (Å²) in [6, 6.07) is 12.3. The van der Waals surface area contributed by atoms with Gasteiger partial charge in [0, 0.05) is 22.6 Å². The van der Waals surface area contributed by atoms with Gasteiger partial charge < -0.3 is 0 Å². The molecule has 3 rings (SSSR count). The zero-order valence-electron chi connectivity index (χ0n) is 12.2. The molecule has 0 saturated carbocycles. The predicted octanol–water partition coefficient (Wildman–Crippen LogP) is 3.44. The number of hydrogen-bond acceptors (Lipinski definition) is 5. The van der Waals surface area contributed by atoms with Gasteiger partial charge in [-0.15, -0.1) is 0 Å². The van der Waals surface area contributed by atoms with Crippen molar-refractivity contribution in [2.75, 3.05) is 0 Å². The Kier molecular flexibility index (Phi) is 3.92. The molecule has 1 heterocycles. The van der Waals surface area contributed by atoms with E-state index in [0.717, 1.165) is 0 Å². The van der Waals surface area contributed by atoms with Gasteiger partial charge in [-0.05, 0) is 29.8 Å². The van der Waals surface area contributed by atoms with E-state index in [1.54, 1.807) is 24.3 Å². The van der Waals surface area contributed by atoms with Gasteiger partial charge in [0.25, 0.3) is 11.6 Å². The molecule has 1 aromatic heterocycles. The molecule has 0 radical (unpaired) electrons. The lowest BCUT2D eigenvalue weighted by Gasteiger charge is -2.06. The van der Waals surface area contributed by atoms with Crippen LogP contribution in [0.5, 0.6) is 0 Å². The van der Waals surface area contributed by atoms with Crippen molar-refractivity contribution in [2.24, 2.45) is 5.11 Å². The Morgan fingerprint density at radius 3 is 2.62 bits per heavy atom. The van der Waals surface area contributed by atoms with Gasteiger partial charge in [0.05, 0.1) is 22.5 Å². The number of fused-ring (bicyclic) bond motifs is 1. The van der Waals surface area contributed by atoms with Gasteiger partial charge in [-0.25, -0.2) is 4.98 Å². The fourth-order valence-corrected chi connectivity index (χ4v) is 2.36. The number of aromatic nitrogens is 2. The molecule has 0 aliphatic heterocycles. The zero-order valence-corrected chi connectivity index (χ0v) is 12.2. The van der Waals surface area contributed by atoms with Crippen molar-refractivity contribution < 1.29 is 9.72 Å². The van der Waals surface area contributed by atoms with Gasteiger partial charge in [-0.1, -0.05) is 17.2 Å². The van der Waals surface area contributed by atoms with Crippen molar-refractivity contribution in [1.29, 1.82) is 0 Å². The monoisotopic (exact) mass is 322 g/mol. The Bertz CT molecular complexity index is 986. The van der Waals surface area contributed by atoms with Crippen molar-refractivity contribution in [3.63, 3.8) is 0 Å². The summed E-state index contributed by atoms with van der Waals surface area (Å²) in [5, 5.41) is 14.2. The standard InChI is InChI=1S/C15H10N6O3/c16-19-17-9-14-18-12-3-1-2-4-13(12)20(14)15(22)10-5-7-11(8-6-10)21(23)24/h1-8H,9H2. The highest BCUT2D eigenvalue weighted by Gasteiger charge is 2.18. The van der Waals surface area contributed by atoms with Crippen molar-refractivity contribution in [2.45, 2.75) is 6.54 Å². The molecule has 9 heteroatoms. The van der Waals surface area contributed by atoms with Crippen molar-refractivity contribution in [1.82, 2.24) is 9.55 Å². The highest BCUT2D eigenvalue weighted by Crippen LogP contribution is 2.20.